The Balaban J connectivity index is 3.06. The van der Waals surface area contributed by atoms with Gasteiger partial charge >= 0.3 is 0 Å². The van der Waals surface area contributed by atoms with Gasteiger partial charge in [0.15, 0.2) is 0 Å². The molecule has 0 saturated heterocycles. The van der Waals surface area contributed by atoms with Crippen LogP contribution in [0.5, 0.6) is 0 Å². The first-order valence-electron chi connectivity index (χ1n) is 4.46. The van der Waals surface area contributed by atoms with E-state index in [1.165, 1.54) is 17.0 Å². The monoisotopic (exact) mass is 217 g/mol. The smallest absolute Gasteiger partial charge is 0.150 e. The lowest BCUT2D eigenvalue weighted by molar-refractivity contribution is 0.112. The van der Waals surface area contributed by atoms with Gasteiger partial charge in [-0.3, -0.25) is 4.79 Å². The lowest BCUT2D eigenvalue weighted by atomic mass is 10.2. The standard InChI is InChI=1S/C11H8FN3O/c12-10-7-9(8-16)1-2-11(10)15(5-3-13)6-4-14/h1-2,7-8H,5-6H2. The molecule has 1 rings (SSSR count). The second-order valence-corrected chi connectivity index (χ2v) is 3.00. The zero-order valence-corrected chi connectivity index (χ0v) is 8.35. The van der Waals surface area contributed by atoms with Crippen molar-refractivity contribution in [1.29, 1.82) is 10.5 Å². The van der Waals surface area contributed by atoms with Gasteiger partial charge in [0, 0.05) is 5.56 Å². The van der Waals surface area contributed by atoms with Crippen molar-refractivity contribution in [2.75, 3.05) is 18.0 Å². The van der Waals surface area contributed by atoms with Gasteiger partial charge in [-0.25, -0.2) is 4.39 Å². The Kier molecular flexibility index (Phi) is 3.99. The van der Waals surface area contributed by atoms with Gasteiger partial charge in [-0.2, -0.15) is 10.5 Å². The minimum absolute atomic E-state index is 0.0785. The minimum Gasteiger partial charge on any atom is -0.343 e. The molecular weight excluding hydrogens is 209 g/mol. The molecule has 0 fully saturated rings. The van der Waals surface area contributed by atoms with Crippen molar-refractivity contribution in [3.8, 4) is 12.1 Å². The van der Waals surface area contributed by atoms with Gasteiger partial charge in [0.2, 0.25) is 0 Å². The number of hydrogen-bond acceptors (Lipinski definition) is 4. The summed E-state index contributed by atoms with van der Waals surface area (Å²) in [5.74, 6) is -0.616. The van der Waals surface area contributed by atoms with E-state index in [-0.39, 0.29) is 24.3 Å². The molecule has 0 bridgehead atoms. The zero-order valence-electron chi connectivity index (χ0n) is 8.35. The largest absolute Gasteiger partial charge is 0.343 e. The highest BCUT2D eigenvalue weighted by atomic mass is 19.1. The molecule has 0 aliphatic carbocycles. The van der Waals surface area contributed by atoms with Crippen LogP contribution in [0, 0.1) is 28.5 Å². The van der Waals surface area contributed by atoms with Crippen LogP contribution in [0.15, 0.2) is 18.2 Å². The third-order valence-electron chi connectivity index (χ3n) is 1.97. The first kappa shape index (κ1) is 11.7. The molecule has 0 radical (unpaired) electrons. The maximum Gasteiger partial charge on any atom is 0.150 e. The Morgan fingerprint density at radius 2 is 1.94 bits per heavy atom. The van der Waals surface area contributed by atoms with Crippen molar-refractivity contribution in [3.63, 3.8) is 0 Å². The zero-order chi connectivity index (χ0) is 12.0. The maximum absolute atomic E-state index is 13.5. The summed E-state index contributed by atoms with van der Waals surface area (Å²) >= 11 is 0. The molecule has 4 nitrogen and oxygen atoms in total. The Morgan fingerprint density at radius 3 is 2.38 bits per heavy atom. The average Bonchev–Trinajstić information content (AvgIpc) is 2.29. The molecule has 0 spiro atoms. The third-order valence-corrected chi connectivity index (χ3v) is 1.97. The van der Waals surface area contributed by atoms with E-state index in [0.29, 0.717) is 6.29 Å². The van der Waals surface area contributed by atoms with Crippen LogP contribution < -0.4 is 4.90 Å². The van der Waals surface area contributed by atoms with Gasteiger partial charge < -0.3 is 4.90 Å². The second-order valence-electron chi connectivity index (χ2n) is 3.00. The summed E-state index contributed by atoms with van der Waals surface area (Å²) in [6.45, 7) is -0.157. The number of rotatable bonds is 4. The number of halogens is 1. The summed E-state index contributed by atoms with van der Waals surface area (Å²) in [6, 6.07) is 7.58. The second kappa shape index (κ2) is 5.47. The van der Waals surface area contributed by atoms with Crippen LogP contribution in [0.2, 0.25) is 0 Å². The van der Waals surface area contributed by atoms with Crippen LogP contribution in [0.25, 0.3) is 0 Å². The molecule has 0 amide bonds. The minimum atomic E-state index is -0.616. The van der Waals surface area contributed by atoms with Crippen LogP contribution in [-0.2, 0) is 0 Å². The number of anilines is 1. The predicted octanol–water partition coefficient (Wildman–Crippen LogP) is 1.49. The summed E-state index contributed by atoms with van der Waals surface area (Å²) in [6.07, 6.45) is 0.534. The Hall–Kier alpha value is -2.40. The summed E-state index contributed by atoms with van der Waals surface area (Å²) < 4.78 is 13.5. The van der Waals surface area contributed by atoms with E-state index in [9.17, 15) is 9.18 Å². The normalized spacial score (nSPS) is 8.94. The van der Waals surface area contributed by atoms with Crippen molar-refractivity contribution in [1.82, 2.24) is 0 Å². The fraction of sp³-hybridized carbons (Fsp3) is 0.182. The number of hydrogen-bond donors (Lipinski definition) is 0. The average molecular weight is 217 g/mol. The van der Waals surface area contributed by atoms with Crippen LogP contribution in [0.1, 0.15) is 10.4 Å². The summed E-state index contributed by atoms with van der Waals surface area (Å²) in [4.78, 5) is 11.7. The number of carbonyl (C=O) groups is 1. The number of nitriles is 2. The number of aldehydes is 1. The maximum atomic E-state index is 13.5. The van der Waals surface area contributed by atoms with Crippen LogP contribution in [0.4, 0.5) is 10.1 Å². The molecule has 0 N–H and O–H groups in total. The van der Waals surface area contributed by atoms with Gasteiger partial charge in [0.25, 0.3) is 0 Å². The molecule has 1 aromatic rings. The molecule has 0 heterocycles. The van der Waals surface area contributed by atoms with E-state index in [4.69, 9.17) is 10.5 Å². The Morgan fingerprint density at radius 1 is 1.31 bits per heavy atom. The predicted molar refractivity (Wildman–Crippen MR) is 55.2 cm³/mol. The fourth-order valence-electron chi connectivity index (χ4n) is 1.25. The molecule has 5 heteroatoms. The molecule has 0 unspecified atom stereocenters. The van der Waals surface area contributed by atoms with Gasteiger partial charge in [0.1, 0.15) is 25.2 Å². The van der Waals surface area contributed by atoms with Gasteiger partial charge in [-0.1, -0.05) is 0 Å². The molecule has 0 aliphatic rings. The van der Waals surface area contributed by atoms with Crippen molar-refractivity contribution in [2.24, 2.45) is 0 Å². The number of nitrogens with zero attached hydrogens (tertiary/aromatic N) is 3. The van der Waals surface area contributed by atoms with E-state index >= 15 is 0 Å². The summed E-state index contributed by atoms with van der Waals surface area (Å²) in [5.41, 5.74) is 0.365. The fourth-order valence-corrected chi connectivity index (χ4v) is 1.25. The Bertz CT molecular complexity index is 457. The first-order chi connectivity index (χ1) is 7.72. The van der Waals surface area contributed by atoms with E-state index in [1.807, 2.05) is 12.1 Å². The number of benzene rings is 1. The molecule has 0 saturated carbocycles. The molecule has 0 atom stereocenters. The van der Waals surface area contributed by atoms with Gasteiger partial charge in [0.05, 0.1) is 17.8 Å². The quantitative estimate of drug-likeness (QED) is 0.566. The van der Waals surface area contributed by atoms with Crippen LogP contribution in [-0.4, -0.2) is 19.4 Å². The van der Waals surface area contributed by atoms with Crippen molar-refractivity contribution < 1.29 is 9.18 Å². The van der Waals surface area contributed by atoms with Gasteiger partial charge in [-0.15, -0.1) is 0 Å². The van der Waals surface area contributed by atoms with Crippen molar-refractivity contribution in [2.45, 2.75) is 0 Å². The topological polar surface area (TPSA) is 67.9 Å². The molecule has 0 aromatic heterocycles. The van der Waals surface area contributed by atoms with Gasteiger partial charge in [-0.05, 0) is 18.2 Å². The molecule has 80 valence electrons. The third kappa shape index (κ3) is 2.55. The molecule has 16 heavy (non-hydrogen) atoms. The molecule has 0 aliphatic heterocycles. The molecular formula is C11H8FN3O. The highest BCUT2D eigenvalue weighted by molar-refractivity contribution is 5.76. The van der Waals surface area contributed by atoms with Crippen LogP contribution >= 0.6 is 0 Å². The van der Waals surface area contributed by atoms with E-state index in [0.717, 1.165) is 6.07 Å². The summed E-state index contributed by atoms with van der Waals surface area (Å²) in [5, 5.41) is 17.1. The lowest BCUT2D eigenvalue weighted by Gasteiger charge is -2.18. The highest BCUT2D eigenvalue weighted by Gasteiger charge is 2.11. The Labute approximate surface area is 92.1 Å². The highest BCUT2D eigenvalue weighted by Crippen LogP contribution is 2.19. The molecule has 1 aromatic carbocycles. The first-order valence-corrected chi connectivity index (χ1v) is 4.46. The SMILES string of the molecule is N#CCN(CC#N)c1ccc(C=O)cc1F. The summed E-state index contributed by atoms with van der Waals surface area (Å²) in [7, 11) is 0. The number of carbonyl (C=O) groups excluding carboxylic acids is 1. The lowest BCUT2D eigenvalue weighted by Crippen LogP contribution is -2.24. The van der Waals surface area contributed by atoms with Crippen molar-refractivity contribution >= 4 is 12.0 Å². The van der Waals surface area contributed by atoms with E-state index in [1.54, 1.807) is 0 Å². The van der Waals surface area contributed by atoms with E-state index in [2.05, 4.69) is 0 Å². The van der Waals surface area contributed by atoms with Crippen LogP contribution in [0.3, 0.4) is 0 Å². The van der Waals surface area contributed by atoms with E-state index < -0.39 is 5.82 Å². The van der Waals surface area contributed by atoms with Crippen molar-refractivity contribution in [3.05, 3.63) is 29.6 Å².